The summed E-state index contributed by atoms with van der Waals surface area (Å²) in [7, 11) is 1.31. The highest BCUT2D eigenvalue weighted by Crippen LogP contribution is 2.28. The normalized spacial score (nSPS) is 13.6. The van der Waals surface area contributed by atoms with Crippen molar-refractivity contribution in [2.45, 2.75) is 25.3 Å². The Hall–Kier alpha value is -2.44. The molecule has 0 heterocycles. The molecule has 112 valence electrons. The van der Waals surface area contributed by atoms with Crippen LogP contribution in [-0.4, -0.2) is 41.4 Å². The lowest BCUT2D eigenvalue weighted by Crippen LogP contribution is -2.35. The van der Waals surface area contributed by atoms with Gasteiger partial charge >= 0.3 is 5.97 Å². The van der Waals surface area contributed by atoms with Gasteiger partial charge in [0.15, 0.2) is 0 Å². The Morgan fingerprint density at radius 1 is 1.33 bits per heavy atom. The maximum atomic E-state index is 12.4. The van der Waals surface area contributed by atoms with Crippen LogP contribution in [0.3, 0.4) is 0 Å². The van der Waals surface area contributed by atoms with E-state index in [1.54, 1.807) is 4.90 Å². The van der Waals surface area contributed by atoms with Crippen LogP contribution >= 0.6 is 0 Å². The van der Waals surface area contributed by atoms with Crippen molar-refractivity contribution in [1.29, 1.82) is 0 Å². The molecule has 7 nitrogen and oxygen atoms in total. The first kappa shape index (κ1) is 15.0. The predicted molar refractivity (Wildman–Crippen MR) is 73.8 cm³/mol. The molecule has 0 unspecified atom stereocenters. The predicted octanol–water partition coefficient (Wildman–Crippen LogP) is 1.76. The number of rotatable bonds is 6. The van der Waals surface area contributed by atoms with Crippen LogP contribution in [0, 0.1) is 10.1 Å². The first-order valence-electron chi connectivity index (χ1n) is 6.65. The van der Waals surface area contributed by atoms with E-state index in [1.807, 2.05) is 0 Å². The summed E-state index contributed by atoms with van der Waals surface area (Å²) in [5, 5.41) is 10.6. The summed E-state index contributed by atoms with van der Waals surface area (Å²) in [6.45, 7) is 0.299. The molecular formula is C14H16N2O5. The second-order valence-corrected chi connectivity index (χ2v) is 4.86. The highest BCUT2D eigenvalue weighted by atomic mass is 16.6. The average molecular weight is 292 g/mol. The van der Waals surface area contributed by atoms with Gasteiger partial charge in [-0.1, -0.05) is 0 Å². The summed E-state index contributed by atoms with van der Waals surface area (Å²) in [6.07, 6.45) is 1.98. The number of carbonyl (C=O) groups excluding carboxylic acids is 2. The lowest BCUT2D eigenvalue weighted by Gasteiger charge is -2.21. The zero-order valence-corrected chi connectivity index (χ0v) is 11.7. The van der Waals surface area contributed by atoms with Crippen molar-refractivity contribution in [2.75, 3.05) is 13.7 Å². The lowest BCUT2D eigenvalue weighted by molar-refractivity contribution is -0.384. The number of nitrogens with zero attached hydrogens (tertiary/aromatic N) is 2. The zero-order valence-electron chi connectivity index (χ0n) is 11.7. The second-order valence-electron chi connectivity index (χ2n) is 4.86. The van der Waals surface area contributed by atoms with Gasteiger partial charge in [-0.3, -0.25) is 19.7 Å². The van der Waals surface area contributed by atoms with Crippen LogP contribution in [0.4, 0.5) is 5.69 Å². The first-order chi connectivity index (χ1) is 10.0. The highest BCUT2D eigenvalue weighted by Gasteiger charge is 2.33. The van der Waals surface area contributed by atoms with E-state index in [9.17, 15) is 19.7 Å². The third-order valence-corrected chi connectivity index (χ3v) is 3.36. The molecule has 0 bridgehead atoms. The van der Waals surface area contributed by atoms with Crippen molar-refractivity contribution in [3.63, 3.8) is 0 Å². The summed E-state index contributed by atoms with van der Waals surface area (Å²) in [5.41, 5.74) is 0.330. The molecule has 0 N–H and O–H groups in total. The minimum atomic E-state index is -0.510. The molecule has 1 aromatic rings. The van der Waals surface area contributed by atoms with Crippen LogP contribution in [0.25, 0.3) is 0 Å². The Balaban J connectivity index is 2.07. The van der Waals surface area contributed by atoms with Gasteiger partial charge in [0.2, 0.25) is 0 Å². The molecule has 1 fully saturated rings. The third kappa shape index (κ3) is 3.77. The van der Waals surface area contributed by atoms with Crippen molar-refractivity contribution >= 4 is 17.6 Å². The van der Waals surface area contributed by atoms with Gasteiger partial charge in [-0.05, 0) is 25.0 Å². The molecule has 1 aromatic carbocycles. The van der Waals surface area contributed by atoms with Gasteiger partial charge in [0.1, 0.15) is 0 Å². The molecule has 0 aliphatic heterocycles. The Labute approximate surface area is 121 Å². The van der Waals surface area contributed by atoms with Crippen molar-refractivity contribution in [3.8, 4) is 0 Å². The summed E-state index contributed by atoms with van der Waals surface area (Å²) >= 11 is 0. The SMILES string of the molecule is COC(=O)CCN(C(=O)c1ccc([N+](=O)[O-])cc1)C1CC1. The van der Waals surface area contributed by atoms with Crippen LogP contribution in [-0.2, 0) is 9.53 Å². The molecule has 2 rings (SSSR count). The van der Waals surface area contributed by atoms with Crippen molar-refractivity contribution in [2.24, 2.45) is 0 Å². The fourth-order valence-electron chi connectivity index (χ4n) is 2.04. The van der Waals surface area contributed by atoms with Gasteiger partial charge < -0.3 is 9.64 Å². The molecule has 21 heavy (non-hydrogen) atoms. The number of ether oxygens (including phenoxy) is 1. The van der Waals surface area contributed by atoms with Gasteiger partial charge in [0.05, 0.1) is 18.5 Å². The van der Waals surface area contributed by atoms with Gasteiger partial charge in [-0.25, -0.2) is 0 Å². The van der Waals surface area contributed by atoms with Crippen LogP contribution in [0.2, 0.25) is 0 Å². The Morgan fingerprint density at radius 2 is 1.95 bits per heavy atom. The Bertz CT molecular complexity index is 551. The zero-order chi connectivity index (χ0) is 15.4. The summed E-state index contributed by atoms with van der Waals surface area (Å²) in [6, 6.07) is 5.64. The monoisotopic (exact) mass is 292 g/mol. The minimum Gasteiger partial charge on any atom is -0.469 e. The number of hydrogen-bond donors (Lipinski definition) is 0. The van der Waals surface area contributed by atoms with E-state index in [0.717, 1.165) is 12.8 Å². The summed E-state index contributed by atoms with van der Waals surface area (Å²) in [4.78, 5) is 35.3. The number of hydrogen-bond acceptors (Lipinski definition) is 5. The molecule has 0 saturated heterocycles. The Morgan fingerprint density at radius 3 is 2.43 bits per heavy atom. The number of benzene rings is 1. The Kier molecular flexibility index (Phi) is 4.52. The van der Waals surface area contributed by atoms with Gasteiger partial charge in [0.25, 0.3) is 11.6 Å². The highest BCUT2D eigenvalue weighted by molar-refractivity contribution is 5.95. The van der Waals surface area contributed by atoms with E-state index in [1.165, 1.54) is 31.4 Å². The van der Waals surface area contributed by atoms with E-state index in [4.69, 9.17) is 0 Å². The van der Waals surface area contributed by atoms with Crippen LogP contribution in [0.5, 0.6) is 0 Å². The molecular weight excluding hydrogens is 276 g/mol. The number of esters is 1. The maximum absolute atomic E-state index is 12.4. The molecule has 0 spiro atoms. The summed E-state index contributed by atoms with van der Waals surface area (Å²) in [5.74, 6) is -0.576. The van der Waals surface area contributed by atoms with Gasteiger partial charge in [-0.2, -0.15) is 0 Å². The second kappa shape index (κ2) is 6.34. The van der Waals surface area contributed by atoms with E-state index in [-0.39, 0.29) is 30.0 Å². The van der Waals surface area contributed by atoms with Crippen LogP contribution in [0.15, 0.2) is 24.3 Å². The number of carbonyl (C=O) groups is 2. The molecule has 1 aliphatic rings. The lowest BCUT2D eigenvalue weighted by atomic mass is 10.1. The number of amides is 1. The maximum Gasteiger partial charge on any atom is 0.307 e. The van der Waals surface area contributed by atoms with Crippen molar-refractivity contribution < 1.29 is 19.2 Å². The van der Waals surface area contributed by atoms with Gasteiger partial charge in [-0.15, -0.1) is 0 Å². The standard InChI is InChI=1S/C14H16N2O5/c1-21-13(17)8-9-15(11-6-7-11)14(18)10-2-4-12(5-3-10)16(19)20/h2-5,11H,6-9H2,1H3. The topological polar surface area (TPSA) is 89.8 Å². The van der Waals surface area contributed by atoms with E-state index in [2.05, 4.69) is 4.74 Å². The fraction of sp³-hybridized carbons (Fsp3) is 0.429. The first-order valence-corrected chi connectivity index (χ1v) is 6.65. The van der Waals surface area contributed by atoms with E-state index in [0.29, 0.717) is 12.1 Å². The number of methoxy groups -OCH3 is 1. The minimum absolute atomic E-state index is 0.0564. The van der Waals surface area contributed by atoms with Crippen LogP contribution < -0.4 is 0 Å². The molecule has 1 amide bonds. The fourth-order valence-corrected chi connectivity index (χ4v) is 2.04. The largest absolute Gasteiger partial charge is 0.469 e. The summed E-state index contributed by atoms with van der Waals surface area (Å²) < 4.78 is 4.58. The van der Waals surface area contributed by atoms with E-state index >= 15 is 0 Å². The third-order valence-electron chi connectivity index (χ3n) is 3.36. The van der Waals surface area contributed by atoms with Gasteiger partial charge in [0, 0.05) is 30.3 Å². The molecule has 1 aliphatic carbocycles. The molecule has 0 aromatic heterocycles. The molecule has 1 saturated carbocycles. The van der Waals surface area contributed by atoms with E-state index < -0.39 is 4.92 Å². The van der Waals surface area contributed by atoms with Crippen molar-refractivity contribution in [1.82, 2.24) is 4.90 Å². The van der Waals surface area contributed by atoms with Crippen LogP contribution in [0.1, 0.15) is 29.6 Å². The molecule has 7 heteroatoms. The molecule has 0 atom stereocenters. The number of nitro benzene ring substituents is 1. The number of nitro groups is 1. The average Bonchev–Trinajstić information content (AvgIpc) is 3.31. The van der Waals surface area contributed by atoms with Crippen molar-refractivity contribution in [3.05, 3.63) is 39.9 Å². The number of non-ortho nitro benzene ring substituents is 1. The quantitative estimate of drug-likeness (QED) is 0.453. The smallest absolute Gasteiger partial charge is 0.307 e. The molecule has 0 radical (unpaired) electrons.